The van der Waals surface area contributed by atoms with E-state index in [4.69, 9.17) is 9.84 Å². The summed E-state index contributed by atoms with van der Waals surface area (Å²) < 4.78 is 5.92. The van der Waals surface area contributed by atoms with Crippen molar-refractivity contribution in [1.82, 2.24) is 0 Å². The summed E-state index contributed by atoms with van der Waals surface area (Å²) in [5.74, 6) is 0.170. The molecule has 0 aromatic heterocycles. The van der Waals surface area contributed by atoms with Gasteiger partial charge >= 0.3 is 5.97 Å². The zero-order valence-electron chi connectivity index (χ0n) is 16.4. The molecule has 0 saturated heterocycles. The van der Waals surface area contributed by atoms with Gasteiger partial charge in [0.25, 0.3) is 0 Å². The minimum Gasteiger partial charge on any atom is -0.493 e. The van der Waals surface area contributed by atoms with Crippen LogP contribution >= 0.6 is 0 Å². The highest BCUT2D eigenvalue weighted by molar-refractivity contribution is 5.88. The molecule has 0 amide bonds. The van der Waals surface area contributed by atoms with Crippen LogP contribution in [-0.4, -0.2) is 24.0 Å². The number of hydrogen-bond donors (Lipinski definition) is 1. The van der Waals surface area contributed by atoms with Gasteiger partial charge in [0.05, 0.1) is 12.5 Å². The highest BCUT2D eigenvalue weighted by Crippen LogP contribution is 2.31. The minimum absolute atomic E-state index is 0.207. The molecule has 1 aliphatic rings. The quantitative estimate of drug-likeness (QED) is 0.624. The molecule has 1 aliphatic carbocycles. The van der Waals surface area contributed by atoms with Crippen molar-refractivity contribution >= 4 is 12.3 Å². The van der Waals surface area contributed by atoms with E-state index in [0.29, 0.717) is 23.8 Å². The Morgan fingerprint density at radius 2 is 1.82 bits per heavy atom. The van der Waals surface area contributed by atoms with E-state index < -0.39 is 5.97 Å². The Labute approximate surface area is 166 Å². The average molecular weight is 380 g/mol. The third kappa shape index (κ3) is 5.00. The molecule has 2 aromatic rings. The summed E-state index contributed by atoms with van der Waals surface area (Å²) in [6.45, 7) is 2.73. The van der Waals surface area contributed by atoms with Crippen LogP contribution in [0.25, 0.3) is 11.1 Å². The fraction of sp³-hybridized carbons (Fsp3) is 0.417. The maximum Gasteiger partial charge on any atom is 0.306 e. The van der Waals surface area contributed by atoms with Crippen molar-refractivity contribution in [3.63, 3.8) is 0 Å². The second kappa shape index (κ2) is 9.54. The first-order chi connectivity index (χ1) is 13.6. The lowest BCUT2D eigenvalue weighted by atomic mass is 9.82. The molecule has 0 atom stereocenters. The van der Waals surface area contributed by atoms with E-state index in [2.05, 4.69) is 31.2 Å². The van der Waals surface area contributed by atoms with E-state index in [1.54, 1.807) is 6.07 Å². The summed E-state index contributed by atoms with van der Waals surface area (Å²) in [6.07, 6.45) is 6.23. The van der Waals surface area contributed by atoms with Crippen LogP contribution in [0, 0.1) is 11.8 Å². The smallest absolute Gasteiger partial charge is 0.306 e. The van der Waals surface area contributed by atoms with Gasteiger partial charge in [-0.05, 0) is 72.9 Å². The minimum atomic E-state index is -0.687. The number of hydrogen-bond acceptors (Lipinski definition) is 3. The van der Waals surface area contributed by atoms with Gasteiger partial charge in [-0.15, -0.1) is 0 Å². The summed E-state index contributed by atoms with van der Waals surface area (Å²) in [7, 11) is 0. The highest BCUT2D eigenvalue weighted by atomic mass is 16.5. The molecule has 1 N–H and O–H groups in total. The number of aliphatic carboxylic acids is 1. The maximum absolute atomic E-state index is 11.6. The van der Waals surface area contributed by atoms with Gasteiger partial charge in [0.15, 0.2) is 6.29 Å². The molecule has 1 saturated carbocycles. The summed E-state index contributed by atoms with van der Waals surface area (Å²) in [4.78, 5) is 22.7. The number of benzene rings is 2. The number of carboxylic acids is 1. The van der Waals surface area contributed by atoms with Gasteiger partial charge in [-0.3, -0.25) is 9.59 Å². The monoisotopic (exact) mass is 380 g/mol. The van der Waals surface area contributed by atoms with Crippen LogP contribution in [0.5, 0.6) is 5.75 Å². The van der Waals surface area contributed by atoms with E-state index in [1.807, 2.05) is 12.1 Å². The predicted octanol–water partition coefficient (Wildman–Crippen LogP) is 5.39. The van der Waals surface area contributed by atoms with E-state index in [-0.39, 0.29) is 5.92 Å². The van der Waals surface area contributed by atoms with Crippen molar-refractivity contribution in [3.05, 3.63) is 53.6 Å². The number of carbonyl (C=O) groups excluding carboxylic acids is 1. The lowest BCUT2D eigenvalue weighted by Crippen LogP contribution is -2.24. The van der Waals surface area contributed by atoms with Crippen molar-refractivity contribution in [2.75, 3.05) is 6.61 Å². The van der Waals surface area contributed by atoms with Gasteiger partial charge in [-0.1, -0.05) is 37.6 Å². The SMILES string of the molecule is CCCc1ccc(-c2ccc(OCC3CCC(C(=O)O)CC3)cc2C=O)cc1. The van der Waals surface area contributed by atoms with Crippen molar-refractivity contribution in [2.24, 2.45) is 11.8 Å². The van der Waals surface area contributed by atoms with Crippen LogP contribution in [-0.2, 0) is 11.2 Å². The second-order valence-electron chi connectivity index (χ2n) is 7.68. The van der Waals surface area contributed by atoms with Crippen LogP contribution in [0.15, 0.2) is 42.5 Å². The Hall–Kier alpha value is -2.62. The van der Waals surface area contributed by atoms with E-state index in [1.165, 1.54) is 5.56 Å². The summed E-state index contributed by atoms with van der Waals surface area (Å²) in [5.41, 5.74) is 3.86. The molecule has 148 valence electrons. The molecule has 0 aliphatic heterocycles. The maximum atomic E-state index is 11.6. The van der Waals surface area contributed by atoms with Crippen LogP contribution in [0.1, 0.15) is 54.9 Å². The average Bonchev–Trinajstić information content (AvgIpc) is 2.73. The number of carbonyl (C=O) groups is 2. The van der Waals surface area contributed by atoms with Gasteiger partial charge in [0.2, 0.25) is 0 Å². The zero-order valence-corrected chi connectivity index (χ0v) is 16.4. The van der Waals surface area contributed by atoms with Crippen molar-refractivity contribution < 1.29 is 19.4 Å². The van der Waals surface area contributed by atoms with Gasteiger partial charge in [0.1, 0.15) is 5.75 Å². The summed E-state index contributed by atoms with van der Waals surface area (Å²) >= 11 is 0. The lowest BCUT2D eigenvalue weighted by Gasteiger charge is -2.26. The topological polar surface area (TPSA) is 63.6 Å². The molecule has 4 nitrogen and oxygen atoms in total. The van der Waals surface area contributed by atoms with Crippen molar-refractivity contribution in [1.29, 1.82) is 0 Å². The summed E-state index contributed by atoms with van der Waals surface area (Å²) in [6, 6.07) is 14.0. The number of aldehydes is 1. The molecule has 4 heteroatoms. The fourth-order valence-corrected chi connectivity index (χ4v) is 3.92. The Morgan fingerprint density at radius 1 is 1.11 bits per heavy atom. The van der Waals surface area contributed by atoms with E-state index >= 15 is 0 Å². The number of ether oxygens (including phenoxy) is 1. The molecule has 0 heterocycles. The zero-order chi connectivity index (χ0) is 19.9. The molecule has 2 aromatic carbocycles. The Morgan fingerprint density at radius 3 is 2.43 bits per heavy atom. The Kier molecular flexibility index (Phi) is 6.85. The number of aryl methyl sites for hydroxylation is 1. The first-order valence-electron chi connectivity index (χ1n) is 10.1. The lowest BCUT2D eigenvalue weighted by molar-refractivity contribution is -0.143. The van der Waals surface area contributed by atoms with Gasteiger partial charge in [-0.2, -0.15) is 0 Å². The first-order valence-corrected chi connectivity index (χ1v) is 10.1. The molecular weight excluding hydrogens is 352 g/mol. The Bertz CT molecular complexity index is 802. The number of rotatable bonds is 8. The van der Waals surface area contributed by atoms with E-state index in [0.717, 1.165) is 55.9 Å². The molecule has 28 heavy (non-hydrogen) atoms. The third-order valence-corrected chi connectivity index (χ3v) is 5.64. The fourth-order valence-electron chi connectivity index (χ4n) is 3.92. The predicted molar refractivity (Wildman–Crippen MR) is 110 cm³/mol. The van der Waals surface area contributed by atoms with Gasteiger partial charge in [-0.25, -0.2) is 0 Å². The largest absolute Gasteiger partial charge is 0.493 e. The number of carboxylic acid groups (broad SMARTS) is 1. The van der Waals surface area contributed by atoms with E-state index in [9.17, 15) is 9.59 Å². The molecule has 0 unspecified atom stereocenters. The standard InChI is InChI=1S/C24H28O4/c1-2-3-17-4-8-19(9-5-17)23-13-12-22(14-21(23)15-25)28-16-18-6-10-20(11-7-18)24(26)27/h4-5,8-9,12-15,18,20H,2-3,6-7,10-11,16H2,1H3,(H,26,27). The van der Waals surface area contributed by atoms with Crippen LogP contribution < -0.4 is 4.74 Å². The van der Waals surface area contributed by atoms with Crippen molar-refractivity contribution in [3.8, 4) is 16.9 Å². The molecule has 3 rings (SSSR count). The molecule has 0 bridgehead atoms. The van der Waals surface area contributed by atoms with Crippen LogP contribution in [0.4, 0.5) is 0 Å². The molecule has 0 spiro atoms. The molecule has 1 fully saturated rings. The normalized spacial score (nSPS) is 19.2. The molecular formula is C24H28O4. The van der Waals surface area contributed by atoms with Gasteiger partial charge in [0, 0.05) is 5.56 Å². The van der Waals surface area contributed by atoms with Gasteiger partial charge < -0.3 is 9.84 Å². The summed E-state index contributed by atoms with van der Waals surface area (Å²) in [5, 5.41) is 9.09. The van der Waals surface area contributed by atoms with Crippen molar-refractivity contribution in [2.45, 2.75) is 45.4 Å². The Balaban J connectivity index is 1.63. The highest BCUT2D eigenvalue weighted by Gasteiger charge is 2.26. The van der Waals surface area contributed by atoms with Crippen LogP contribution in [0.3, 0.4) is 0 Å². The second-order valence-corrected chi connectivity index (χ2v) is 7.68. The molecule has 0 radical (unpaired) electrons. The first kappa shape index (κ1) is 20.1. The third-order valence-electron chi connectivity index (χ3n) is 5.64. The van der Waals surface area contributed by atoms with Crippen LogP contribution in [0.2, 0.25) is 0 Å².